The number of sulfonamides is 1. The van der Waals surface area contributed by atoms with E-state index >= 15 is 0 Å². The van der Waals surface area contributed by atoms with Crippen LogP contribution in [0, 0.1) is 6.92 Å². The van der Waals surface area contributed by atoms with Gasteiger partial charge in [0.05, 0.1) is 27.7 Å². The molecule has 1 heterocycles. The lowest BCUT2D eigenvalue weighted by Crippen LogP contribution is -2.32. The van der Waals surface area contributed by atoms with E-state index in [4.69, 9.17) is 50.8 Å². The smallest absolute Gasteiger partial charge is 0.329 e. The molecule has 3 aromatic carbocycles. The van der Waals surface area contributed by atoms with Crippen molar-refractivity contribution in [1.29, 1.82) is 0 Å². The van der Waals surface area contributed by atoms with E-state index in [-0.39, 0.29) is 34.5 Å². The predicted octanol–water partition coefficient (Wildman–Crippen LogP) is 6.68. The highest BCUT2D eigenvalue weighted by atomic mass is 35.5. The number of nitrogens with one attached hydrogen (secondary N) is 2. The molecule has 2 N–H and O–H groups in total. The maximum atomic E-state index is 13.6. The number of benzene rings is 3. The van der Waals surface area contributed by atoms with Crippen molar-refractivity contribution in [3.05, 3.63) is 116 Å². The fourth-order valence-electron chi connectivity index (χ4n) is 3.61. The molecule has 42 heavy (non-hydrogen) atoms. The summed E-state index contributed by atoms with van der Waals surface area (Å²) in [5, 5.41) is 7.35. The molecule has 0 aliphatic rings. The van der Waals surface area contributed by atoms with Gasteiger partial charge < -0.3 is 9.73 Å². The van der Waals surface area contributed by atoms with E-state index in [1.54, 1.807) is 30.3 Å². The van der Waals surface area contributed by atoms with Crippen molar-refractivity contribution in [2.24, 2.45) is 5.10 Å². The first-order valence-corrected chi connectivity index (χ1v) is 15.1. The van der Waals surface area contributed by atoms with Crippen LogP contribution >= 0.6 is 46.4 Å². The number of aryl methyl sites for hydroxylation is 1. The van der Waals surface area contributed by atoms with Gasteiger partial charge in [-0.05, 0) is 67.1 Å². The van der Waals surface area contributed by atoms with Gasteiger partial charge in [0.25, 0.3) is 0 Å². The Balaban J connectivity index is 1.46. The summed E-state index contributed by atoms with van der Waals surface area (Å²) in [6.45, 7) is 1.67. The number of hydrogen-bond donors (Lipinski definition) is 2. The summed E-state index contributed by atoms with van der Waals surface area (Å²) < 4.78 is 34.2. The van der Waals surface area contributed by atoms with Crippen molar-refractivity contribution in [3.63, 3.8) is 0 Å². The minimum atomic E-state index is -3.97. The predicted molar refractivity (Wildman–Crippen MR) is 164 cm³/mol. The fourth-order valence-corrected chi connectivity index (χ4v) is 5.77. The van der Waals surface area contributed by atoms with Gasteiger partial charge in [-0.15, -0.1) is 0 Å². The number of furan rings is 1. The summed E-state index contributed by atoms with van der Waals surface area (Å²) in [6, 6.07) is 18.8. The molecule has 0 fully saturated rings. The van der Waals surface area contributed by atoms with Crippen molar-refractivity contribution in [1.82, 2.24) is 9.73 Å². The Morgan fingerprint density at radius 2 is 1.60 bits per heavy atom. The van der Waals surface area contributed by atoms with Crippen molar-refractivity contribution >= 4 is 80.1 Å². The minimum absolute atomic E-state index is 0.0552. The van der Waals surface area contributed by atoms with Crippen LogP contribution in [0.3, 0.4) is 0 Å². The van der Waals surface area contributed by atoms with Gasteiger partial charge in [0.2, 0.25) is 10.0 Å². The number of carbonyl (C=O) groups is 2. The normalized spacial score (nSPS) is 11.7. The van der Waals surface area contributed by atoms with Crippen LogP contribution in [0.4, 0.5) is 5.69 Å². The average Bonchev–Trinajstić information content (AvgIpc) is 3.39. The lowest BCUT2D eigenvalue weighted by Gasteiger charge is -2.22. The molecule has 4 rings (SSSR count). The SMILES string of the molecule is Cc1ccc(S(=O)(=O)N(Cc2ccc(/C=N/NC(=O)C(=O)Nc3ccc(Cl)c(Cl)c3)o2)Cc2ccc(Cl)cc2Cl)cc1. The van der Waals surface area contributed by atoms with Gasteiger partial charge in [0.15, 0.2) is 0 Å². The molecule has 218 valence electrons. The molecule has 0 bridgehead atoms. The highest BCUT2D eigenvalue weighted by Crippen LogP contribution is 2.27. The lowest BCUT2D eigenvalue weighted by atomic mass is 10.2. The molecule has 0 saturated carbocycles. The van der Waals surface area contributed by atoms with E-state index in [1.807, 2.05) is 6.92 Å². The van der Waals surface area contributed by atoms with Crippen molar-refractivity contribution < 1.29 is 22.4 Å². The number of halogens is 4. The third-order valence-electron chi connectivity index (χ3n) is 5.78. The monoisotopic (exact) mass is 666 g/mol. The molecule has 0 spiro atoms. The number of hydrazone groups is 1. The van der Waals surface area contributed by atoms with E-state index in [1.165, 1.54) is 53.0 Å². The van der Waals surface area contributed by atoms with E-state index in [0.29, 0.717) is 26.4 Å². The molecule has 0 atom stereocenters. The van der Waals surface area contributed by atoms with Crippen LogP contribution < -0.4 is 10.7 Å². The Hall–Kier alpha value is -3.38. The number of nitrogens with zero attached hydrogens (tertiary/aromatic N) is 2. The average molecular weight is 668 g/mol. The molecular weight excluding hydrogens is 646 g/mol. The van der Waals surface area contributed by atoms with Gasteiger partial charge in [0.1, 0.15) is 11.5 Å². The molecule has 0 aliphatic carbocycles. The Labute approximate surface area is 262 Å². The Bertz CT molecular complexity index is 1760. The minimum Gasteiger partial charge on any atom is -0.459 e. The number of carbonyl (C=O) groups excluding carboxylic acids is 2. The largest absolute Gasteiger partial charge is 0.459 e. The maximum absolute atomic E-state index is 13.6. The molecule has 0 unspecified atom stereocenters. The molecule has 0 aliphatic heterocycles. The summed E-state index contributed by atoms with van der Waals surface area (Å²) in [7, 11) is -3.97. The molecule has 2 amide bonds. The second-order valence-electron chi connectivity index (χ2n) is 8.91. The second-order valence-corrected chi connectivity index (χ2v) is 12.5. The van der Waals surface area contributed by atoms with Gasteiger partial charge >= 0.3 is 11.8 Å². The second kappa shape index (κ2) is 13.7. The van der Waals surface area contributed by atoms with Crippen LogP contribution in [0.25, 0.3) is 0 Å². The zero-order valence-electron chi connectivity index (χ0n) is 21.8. The van der Waals surface area contributed by atoms with Crippen molar-refractivity contribution in [2.45, 2.75) is 24.9 Å². The standard InChI is InChI=1S/C28H22Cl4N4O5S/c1-17-2-9-23(10-3-17)42(39,40)36(15-18-4-5-19(29)12-25(18)31)16-22-8-7-21(41-22)14-33-35-28(38)27(37)34-20-6-11-24(30)26(32)13-20/h2-14H,15-16H2,1H3,(H,34,37)(H,35,38)/b33-14+. The lowest BCUT2D eigenvalue weighted by molar-refractivity contribution is -0.136. The van der Waals surface area contributed by atoms with Crippen LogP contribution in [0.15, 0.2) is 87.2 Å². The molecular formula is C28H22Cl4N4O5S. The number of amides is 2. The van der Waals surface area contributed by atoms with Crippen LogP contribution in [0.1, 0.15) is 22.6 Å². The Morgan fingerprint density at radius 1 is 0.857 bits per heavy atom. The number of hydrogen-bond acceptors (Lipinski definition) is 6. The molecule has 9 nitrogen and oxygen atoms in total. The number of anilines is 1. The Kier molecular flexibility index (Phi) is 10.3. The first kappa shape index (κ1) is 31.6. The van der Waals surface area contributed by atoms with E-state index in [2.05, 4.69) is 15.8 Å². The van der Waals surface area contributed by atoms with Crippen LogP contribution in [-0.2, 0) is 32.7 Å². The summed E-state index contributed by atoms with van der Waals surface area (Å²) >= 11 is 24.1. The quantitative estimate of drug-likeness (QED) is 0.117. The van der Waals surface area contributed by atoms with E-state index in [0.717, 1.165) is 5.56 Å². The fraction of sp³-hybridized carbons (Fsp3) is 0.107. The molecule has 0 radical (unpaired) electrons. The number of rotatable bonds is 9. The summed E-state index contributed by atoms with van der Waals surface area (Å²) in [5.41, 5.74) is 3.82. The van der Waals surface area contributed by atoms with Crippen LogP contribution in [0.2, 0.25) is 20.1 Å². The first-order valence-electron chi connectivity index (χ1n) is 12.1. The zero-order chi connectivity index (χ0) is 30.4. The molecule has 0 saturated heterocycles. The summed E-state index contributed by atoms with van der Waals surface area (Å²) in [5.74, 6) is -1.53. The van der Waals surface area contributed by atoms with Gasteiger partial charge in [-0.1, -0.05) is 70.2 Å². The van der Waals surface area contributed by atoms with Crippen LogP contribution in [-0.4, -0.2) is 30.8 Å². The summed E-state index contributed by atoms with van der Waals surface area (Å²) in [4.78, 5) is 24.3. The maximum Gasteiger partial charge on any atom is 0.329 e. The van der Waals surface area contributed by atoms with Gasteiger partial charge in [-0.25, -0.2) is 13.8 Å². The Morgan fingerprint density at radius 3 is 2.29 bits per heavy atom. The third kappa shape index (κ3) is 8.13. The first-order chi connectivity index (χ1) is 19.9. The molecule has 14 heteroatoms. The highest BCUT2D eigenvalue weighted by Gasteiger charge is 2.27. The molecule has 1 aromatic heterocycles. The summed E-state index contributed by atoms with van der Waals surface area (Å²) in [6.07, 6.45) is 1.17. The van der Waals surface area contributed by atoms with Gasteiger partial charge in [-0.3, -0.25) is 9.59 Å². The third-order valence-corrected chi connectivity index (χ3v) is 8.91. The van der Waals surface area contributed by atoms with Crippen LogP contribution in [0.5, 0.6) is 0 Å². The highest BCUT2D eigenvalue weighted by molar-refractivity contribution is 7.89. The van der Waals surface area contributed by atoms with Gasteiger partial charge in [-0.2, -0.15) is 9.41 Å². The topological polar surface area (TPSA) is 121 Å². The molecule has 4 aromatic rings. The van der Waals surface area contributed by atoms with Crippen molar-refractivity contribution in [2.75, 3.05) is 5.32 Å². The zero-order valence-corrected chi connectivity index (χ0v) is 25.6. The van der Waals surface area contributed by atoms with E-state index < -0.39 is 21.8 Å². The van der Waals surface area contributed by atoms with Crippen molar-refractivity contribution in [3.8, 4) is 0 Å². The van der Waals surface area contributed by atoms with E-state index in [9.17, 15) is 18.0 Å². The van der Waals surface area contributed by atoms with Gasteiger partial charge in [0, 0.05) is 22.3 Å².